The highest BCUT2D eigenvalue weighted by molar-refractivity contribution is 8.00. The molecule has 3 heterocycles. The number of carbonyl (C=O) groups is 2. The standard InChI is InChI=1S/C33H28FN5O3S/c1-42-27-12-6-5-11-26(27)32-30-31(23-9-3-2-4-10-23)37-39(25-15-13-24(34)14-16-25)33(30)38(29(41)21-43-32)20-28(40)36-19-22-8-7-17-35-18-22/h2-18,32H,19-21H2,1H3,(H,36,40). The zero-order valence-electron chi connectivity index (χ0n) is 23.3. The number of methoxy groups -OCH3 is 1. The summed E-state index contributed by atoms with van der Waals surface area (Å²) >= 11 is 1.45. The van der Waals surface area contributed by atoms with Crippen LogP contribution in [0.25, 0.3) is 16.9 Å². The van der Waals surface area contributed by atoms with E-state index in [2.05, 4.69) is 10.3 Å². The van der Waals surface area contributed by atoms with Crippen molar-refractivity contribution in [1.82, 2.24) is 20.1 Å². The van der Waals surface area contributed by atoms with Gasteiger partial charge in [0.25, 0.3) is 0 Å². The Balaban J connectivity index is 1.53. The highest BCUT2D eigenvalue weighted by Gasteiger charge is 2.38. The molecule has 0 fully saturated rings. The summed E-state index contributed by atoms with van der Waals surface area (Å²) in [7, 11) is 1.62. The number of nitrogens with zero attached hydrogens (tertiary/aromatic N) is 4. The van der Waals surface area contributed by atoms with Crippen molar-refractivity contribution in [1.29, 1.82) is 0 Å². The van der Waals surface area contributed by atoms with Gasteiger partial charge >= 0.3 is 0 Å². The number of anilines is 1. The molecule has 2 amide bonds. The largest absolute Gasteiger partial charge is 0.496 e. The number of rotatable bonds is 8. The van der Waals surface area contributed by atoms with Crippen molar-refractivity contribution in [2.24, 2.45) is 0 Å². The van der Waals surface area contributed by atoms with Crippen LogP contribution in [0.2, 0.25) is 0 Å². The zero-order chi connectivity index (χ0) is 29.8. The molecule has 1 atom stereocenters. The number of carbonyl (C=O) groups excluding carboxylic acids is 2. The van der Waals surface area contributed by atoms with E-state index >= 15 is 0 Å². The fourth-order valence-corrected chi connectivity index (χ4v) is 6.35. The van der Waals surface area contributed by atoms with Gasteiger partial charge in [-0.15, -0.1) is 11.8 Å². The number of ether oxygens (including phenoxy) is 1. The van der Waals surface area contributed by atoms with Crippen LogP contribution in [0.15, 0.2) is 103 Å². The van der Waals surface area contributed by atoms with E-state index in [4.69, 9.17) is 9.84 Å². The summed E-state index contributed by atoms with van der Waals surface area (Å²) in [6, 6.07) is 27.0. The number of amides is 2. The van der Waals surface area contributed by atoms with Crippen molar-refractivity contribution in [3.05, 3.63) is 126 Å². The summed E-state index contributed by atoms with van der Waals surface area (Å²) in [5.41, 5.74) is 4.53. The molecule has 0 saturated heterocycles. The zero-order valence-corrected chi connectivity index (χ0v) is 24.1. The number of hydrogen-bond acceptors (Lipinski definition) is 6. The highest BCUT2D eigenvalue weighted by atomic mass is 32.2. The topological polar surface area (TPSA) is 89.3 Å². The molecule has 2 aromatic heterocycles. The molecule has 0 bridgehead atoms. The first-order valence-corrected chi connectivity index (χ1v) is 14.7. The summed E-state index contributed by atoms with van der Waals surface area (Å²) < 4.78 is 21.4. The highest BCUT2D eigenvalue weighted by Crippen LogP contribution is 2.50. The average Bonchev–Trinajstić information content (AvgIpc) is 3.37. The number of aromatic nitrogens is 3. The van der Waals surface area contributed by atoms with Gasteiger partial charge in [0.05, 0.1) is 29.5 Å². The van der Waals surface area contributed by atoms with E-state index < -0.39 is 5.82 Å². The molecule has 1 N–H and O–H groups in total. The van der Waals surface area contributed by atoms with E-state index in [1.165, 1.54) is 28.8 Å². The number of para-hydroxylation sites is 1. The Bertz CT molecular complexity index is 1750. The van der Waals surface area contributed by atoms with Crippen molar-refractivity contribution in [3.8, 4) is 22.7 Å². The molecule has 0 radical (unpaired) electrons. The lowest BCUT2D eigenvalue weighted by molar-refractivity contribution is -0.123. The Morgan fingerprint density at radius 3 is 2.53 bits per heavy atom. The minimum atomic E-state index is -0.393. The molecule has 8 nitrogen and oxygen atoms in total. The monoisotopic (exact) mass is 593 g/mol. The molecule has 0 spiro atoms. The Kier molecular flexibility index (Phi) is 8.19. The lowest BCUT2D eigenvalue weighted by Crippen LogP contribution is -2.42. The first-order chi connectivity index (χ1) is 21.0. The first kappa shape index (κ1) is 28.2. The minimum absolute atomic E-state index is 0.116. The van der Waals surface area contributed by atoms with Gasteiger partial charge in [-0.25, -0.2) is 9.07 Å². The van der Waals surface area contributed by atoms with Crippen LogP contribution in [0.5, 0.6) is 5.75 Å². The predicted molar refractivity (Wildman–Crippen MR) is 165 cm³/mol. The van der Waals surface area contributed by atoms with Crippen LogP contribution in [0.4, 0.5) is 10.2 Å². The number of hydrogen-bond donors (Lipinski definition) is 1. The Labute approximate surface area is 252 Å². The third kappa shape index (κ3) is 5.87. The van der Waals surface area contributed by atoms with Gasteiger partial charge in [-0.05, 0) is 42.0 Å². The Hall–Kier alpha value is -4.96. The van der Waals surface area contributed by atoms with E-state index in [0.717, 1.165) is 22.3 Å². The molecule has 0 aliphatic carbocycles. The van der Waals surface area contributed by atoms with Crippen molar-refractivity contribution < 1.29 is 18.7 Å². The summed E-state index contributed by atoms with van der Waals surface area (Å²) in [4.78, 5) is 32.8. The predicted octanol–water partition coefficient (Wildman–Crippen LogP) is 5.57. The smallest absolute Gasteiger partial charge is 0.240 e. The van der Waals surface area contributed by atoms with Crippen LogP contribution in [-0.4, -0.2) is 46.0 Å². The summed E-state index contributed by atoms with van der Waals surface area (Å²) in [6.45, 7) is 0.0407. The normalized spacial score (nSPS) is 14.6. The molecule has 1 unspecified atom stereocenters. The van der Waals surface area contributed by atoms with Gasteiger partial charge in [0.1, 0.15) is 23.9 Å². The molecule has 5 aromatic rings. The SMILES string of the molecule is COc1ccccc1C1SCC(=O)N(CC(=O)NCc2cccnc2)c2c1c(-c1ccccc1)nn2-c1ccc(F)cc1. The van der Waals surface area contributed by atoms with Gasteiger partial charge in [-0.3, -0.25) is 19.5 Å². The third-order valence-electron chi connectivity index (χ3n) is 7.14. The molecular weight excluding hydrogens is 565 g/mol. The summed E-state index contributed by atoms with van der Waals surface area (Å²) in [6.07, 6.45) is 3.35. The molecule has 1 aliphatic rings. The number of benzene rings is 3. The molecule has 6 rings (SSSR count). The number of fused-ring (bicyclic) bond motifs is 1. The third-order valence-corrected chi connectivity index (χ3v) is 8.38. The average molecular weight is 594 g/mol. The van der Waals surface area contributed by atoms with Crippen LogP contribution >= 0.6 is 11.8 Å². The molecule has 216 valence electrons. The van der Waals surface area contributed by atoms with Gasteiger partial charge < -0.3 is 10.1 Å². The van der Waals surface area contributed by atoms with Crippen LogP contribution in [0.3, 0.4) is 0 Å². The van der Waals surface area contributed by atoms with Crippen molar-refractivity contribution in [3.63, 3.8) is 0 Å². The van der Waals surface area contributed by atoms with Gasteiger partial charge in [-0.2, -0.15) is 5.10 Å². The van der Waals surface area contributed by atoms with Crippen molar-refractivity contribution >= 4 is 29.4 Å². The molecular formula is C33H28FN5O3S. The fraction of sp³-hybridized carbons (Fsp3) is 0.152. The number of pyridine rings is 1. The second-order valence-corrected chi connectivity index (χ2v) is 11.0. The molecule has 1 aliphatic heterocycles. The maximum atomic E-state index is 14.0. The maximum absolute atomic E-state index is 14.0. The number of halogens is 1. The number of nitrogens with one attached hydrogen (secondary N) is 1. The van der Waals surface area contributed by atoms with Gasteiger partial charge in [0.15, 0.2) is 0 Å². The lowest BCUT2D eigenvalue weighted by Gasteiger charge is -2.23. The van der Waals surface area contributed by atoms with E-state index in [0.29, 0.717) is 22.9 Å². The Morgan fingerprint density at radius 1 is 1.02 bits per heavy atom. The van der Waals surface area contributed by atoms with Crippen LogP contribution < -0.4 is 15.0 Å². The summed E-state index contributed by atoms with van der Waals surface area (Å²) in [5, 5.41) is 7.57. The van der Waals surface area contributed by atoms with Crippen LogP contribution in [-0.2, 0) is 16.1 Å². The molecule has 0 saturated carbocycles. The minimum Gasteiger partial charge on any atom is -0.496 e. The van der Waals surface area contributed by atoms with E-state index in [1.54, 1.807) is 42.4 Å². The molecule has 10 heteroatoms. The first-order valence-electron chi connectivity index (χ1n) is 13.7. The molecule has 43 heavy (non-hydrogen) atoms. The second kappa shape index (κ2) is 12.5. The van der Waals surface area contributed by atoms with E-state index in [-0.39, 0.29) is 35.9 Å². The van der Waals surface area contributed by atoms with Gasteiger partial charge in [-0.1, -0.05) is 54.6 Å². The van der Waals surface area contributed by atoms with Crippen molar-refractivity contribution in [2.75, 3.05) is 24.3 Å². The quantitative estimate of drug-likeness (QED) is 0.253. The Morgan fingerprint density at radius 2 is 1.79 bits per heavy atom. The lowest BCUT2D eigenvalue weighted by atomic mass is 9.99. The second-order valence-electron chi connectivity index (χ2n) is 9.89. The maximum Gasteiger partial charge on any atom is 0.240 e. The van der Waals surface area contributed by atoms with Crippen LogP contribution in [0, 0.1) is 5.82 Å². The van der Waals surface area contributed by atoms with Crippen molar-refractivity contribution in [2.45, 2.75) is 11.8 Å². The summed E-state index contributed by atoms with van der Waals surface area (Å²) in [5.74, 6) is 0.267. The van der Waals surface area contributed by atoms with E-state index in [1.807, 2.05) is 60.7 Å². The van der Waals surface area contributed by atoms with Gasteiger partial charge in [0.2, 0.25) is 11.8 Å². The van der Waals surface area contributed by atoms with E-state index in [9.17, 15) is 14.0 Å². The fourth-order valence-electron chi connectivity index (χ4n) is 5.12. The van der Waals surface area contributed by atoms with Crippen LogP contribution in [0.1, 0.15) is 21.9 Å². The number of thioether (sulfide) groups is 1. The molecule has 3 aromatic carbocycles. The van der Waals surface area contributed by atoms with Gasteiger partial charge in [0, 0.05) is 35.6 Å².